The van der Waals surface area contributed by atoms with Crippen molar-refractivity contribution in [2.45, 2.75) is 44.3 Å². The number of fused-ring (bicyclic) bond motifs is 7. The maximum Gasteiger partial charge on any atom is 0.494 e. The van der Waals surface area contributed by atoms with Crippen molar-refractivity contribution in [1.29, 1.82) is 0 Å². The van der Waals surface area contributed by atoms with Crippen LogP contribution in [0.25, 0.3) is 31.3 Å². The van der Waals surface area contributed by atoms with Crippen molar-refractivity contribution in [3.05, 3.63) is 138 Å². The second-order valence-corrected chi connectivity index (χ2v) is 13.4. The van der Waals surface area contributed by atoms with E-state index < -0.39 is 23.7 Å². The second kappa shape index (κ2) is 8.66. The summed E-state index contributed by atoms with van der Waals surface area (Å²) in [4.78, 5) is 0. The molecular weight excluding hydrogens is 519 g/mol. The van der Waals surface area contributed by atoms with Crippen molar-refractivity contribution in [1.82, 2.24) is 0 Å². The van der Waals surface area contributed by atoms with Crippen LogP contribution in [0.2, 0.25) is 0 Å². The van der Waals surface area contributed by atoms with Gasteiger partial charge in [-0.05, 0) is 67.0 Å². The van der Waals surface area contributed by atoms with Gasteiger partial charge in [-0.1, -0.05) is 109 Å². The van der Waals surface area contributed by atoms with E-state index in [9.17, 15) is 0 Å². The highest BCUT2D eigenvalue weighted by Gasteiger charge is 2.53. The third kappa shape index (κ3) is 3.39. The normalized spacial score (nSPS) is 18.1. The molecule has 8 rings (SSSR count). The summed E-state index contributed by atoms with van der Waals surface area (Å²) in [5.41, 5.74) is 7.53. The van der Waals surface area contributed by atoms with Crippen molar-refractivity contribution < 1.29 is 9.31 Å². The molecule has 0 amide bonds. The quantitative estimate of drug-likeness (QED) is 0.205. The highest BCUT2D eigenvalue weighted by Crippen LogP contribution is 2.59. The van der Waals surface area contributed by atoms with Gasteiger partial charge in [0.15, 0.2) is 0 Å². The molecule has 6 aromatic rings. The van der Waals surface area contributed by atoms with Crippen LogP contribution in [0.1, 0.15) is 49.9 Å². The molecule has 0 bridgehead atoms. The smallest absolute Gasteiger partial charge is 0.399 e. The largest absolute Gasteiger partial charge is 0.494 e. The molecular formula is C37H31BO2S. The number of benzene rings is 5. The van der Waals surface area contributed by atoms with Gasteiger partial charge in [0.25, 0.3) is 0 Å². The SMILES string of the molecule is CC1(C)OB(c2ccc3c(c2)C(c2ccccc2)(c2ccccc2)c2ccc4c(sc5ccccc54)c2-3)OC1(C)C. The molecule has 2 nitrogen and oxygen atoms in total. The highest BCUT2D eigenvalue weighted by molar-refractivity contribution is 7.26. The van der Waals surface area contributed by atoms with Gasteiger partial charge in [-0.15, -0.1) is 11.3 Å². The van der Waals surface area contributed by atoms with Crippen LogP contribution in [0.4, 0.5) is 0 Å². The van der Waals surface area contributed by atoms with Crippen LogP contribution in [0.5, 0.6) is 0 Å². The van der Waals surface area contributed by atoms with E-state index in [1.165, 1.54) is 53.6 Å². The molecule has 0 radical (unpaired) electrons. The first-order valence-corrected chi connectivity index (χ1v) is 15.2. The molecule has 1 aromatic heterocycles. The number of hydrogen-bond acceptors (Lipinski definition) is 3. The summed E-state index contributed by atoms with van der Waals surface area (Å²) in [5, 5.41) is 2.64. The van der Waals surface area contributed by atoms with Crippen LogP contribution in [-0.2, 0) is 14.7 Å². The van der Waals surface area contributed by atoms with Crippen LogP contribution >= 0.6 is 11.3 Å². The second-order valence-electron chi connectivity index (χ2n) is 12.3. The number of rotatable bonds is 3. The molecule has 200 valence electrons. The first-order chi connectivity index (χ1) is 19.8. The van der Waals surface area contributed by atoms with E-state index in [1.54, 1.807) is 0 Å². The number of hydrogen-bond donors (Lipinski definition) is 0. The first kappa shape index (κ1) is 25.0. The van der Waals surface area contributed by atoms with Crippen molar-refractivity contribution >= 4 is 44.1 Å². The zero-order valence-corrected chi connectivity index (χ0v) is 24.6. The predicted molar refractivity (Wildman–Crippen MR) is 172 cm³/mol. The van der Waals surface area contributed by atoms with Gasteiger partial charge in [0.1, 0.15) is 0 Å². The van der Waals surface area contributed by atoms with Gasteiger partial charge in [0.2, 0.25) is 0 Å². The van der Waals surface area contributed by atoms with Crippen LogP contribution in [0, 0.1) is 0 Å². The molecule has 0 atom stereocenters. The van der Waals surface area contributed by atoms with Crippen LogP contribution in [0.15, 0.2) is 115 Å². The molecule has 1 aliphatic heterocycles. The Bertz CT molecular complexity index is 1900. The molecule has 1 saturated heterocycles. The average molecular weight is 551 g/mol. The molecule has 5 aromatic carbocycles. The zero-order chi connectivity index (χ0) is 28.0. The Morgan fingerprint density at radius 2 is 1.20 bits per heavy atom. The van der Waals surface area contributed by atoms with E-state index in [4.69, 9.17) is 9.31 Å². The third-order valence-corrected chi connectivity index (χ3v) is 10.8. The summed E-state index contributed by atoms with van der Waals surface area (Å²) in [7, 11) is -0.428. The summed E-state index contributed by atoms with van der Waals surface area (Å²) in [6.45, 7) is 8.47. The minimum Gasteiger partial charge on any atom is -0.399 e. The summed E-state index contributed by atoms with van der Waals surface area (Å²) in [6.07, 6.45) is 0. The lowest BCUT2D eigenvalue weighted by molar-refractivity contribution is 0.00578. The minimum absolute atomic E-state index is 0.404. The lowest BCUT2D eigenvalue weighted by Crippen LogP contribution is -2.41. The zero-order valence-electron chi connectivity index (χ0n) is 23.8. The molecule has 1 aliphatic carbocycles. The Morgan fingerprint density at radius 3 is 1.85 bits per heavy atom. The van der Waals surface area contributed by atoms with E-state index in [2.05, 4.69) is 143 Å². The van der Waals surface area contributed by atoms with Gasteiger partial charge in [-0.25, -0.2) is 0 Å². The van der Waals surface area contributed by atoms with Crippen LogP contribution in [-0.4, -0.2) is 18.3 Å². The van der Waals surface area contributed by atoms with Gasteiger partial charge >= 0.3 is 7.12 Å². The Balaban J connectivity index is 1.48. The fourth-order valence-corrected chi connectivity index (χ4v) is 8.16. The van der Waals surface area contributed by atoms with E-state index >= 15 is 0 Å². The Labute approximate surface area is 245 Å². The van der Waals surface area contributed by atoms with Crippen molar-refractivity contribution in [2.24, 2.45) is 0 Å². The topological polar surface area (TPSA) is 18.5 Å². The molecule has 0 unspecified atom stereocenters. The minimum atomic E-state index is -0.475. The third-order valence-electron chi connectivity index (χ3n) is 9.61. The lowest BCUT2D eigenvalue weighted by atomic mass is 9.66. The lowest BCUT2D eigenvalue weighted by Gasteiger charge is -2.34. The van der Waals surface area contributed by atoms with Gasteiger partial charge in [0.05, 0.1) is 16.6 Å². The molecule has 0 saturated carbocycles. The predicted octanol–water partition coefficient (Wildman–Crippen LogP) is 8.72. The molecule has 0 spiro atoms. The van der Waals surface area contributed by atoms with Crippen molar-refractivity contribution in [2.75, 3.05) is 0 Å². The molecule has 2 aliphatic rings. The van der Waals surface area contributed by atoms with Gasteiger partial charge in [-0.2, -0.15) is 0 Å². The van der Waals surface area contributed by atoms with Crippen molar-refractivity contribution in [3.8, 4) is 11.1 Å². The summed E-state index contributed by atoms with van der Waals surface area (Å²) in [5.74, 6) is 0. The highest BCUT2D eigenvalue weighted by atomic mass is 32.1. The molecule has 41 heavy (non-hydrogen) atoms. The van der Waals surface area contributed by atoms with Crippen LogP contribution in [0.3, 0.4) is 0 Å². The molecule has 0 N–H and O–H groups in total. The van der Waals surface area contributed by atoms with Gasteiger partial charge in [0, 0.05) is 25.7 Å². The summed E-state index contributed by atoms with van der Waals surface area (Å²) < 4.78 is 15.8. The summed E-state index contributed by atoms with van der Waals surface area (Å²) >= 11 is 1.90. The van der Waals surface area contributed by atoms with Gasteiger partial charge in [-0.3, -0.25) is 0 Å². The van der Waals surface area contributed by atoms with Crippen molar-refractivity contribution in [3.63, 3.8) is 0 Å². The molecule has 1 fully saturated rings. The molecule has 4 heteroatoms. The Kier molecular flexibility index (Phi) is 5.29. The fraction of sp³-hybridized carbons (Fsp3) is 0.189. The number of thiophene rings is 1. The standard InChI is InChI=1S/C37H31BO2S/c1-35(2)36(3,4)40-38(39-35)26-19-20-29-31(23-26)37(24-13-7-5-8-14-24,25-15-9-6-10-16-25)30-22-21-28-27-17-11-12-18-32(27)41-34(28)33(29)30/h5-23H,1-4H3. The Morgan fingerprint density at radius 1 is 0.585 bits per heavy atom. The van der Waals surface area contributed by atoms with Gasteiger partial charge < -0.3 is 9.31 Å². The van der Waals surface area contributed by atoms with E-state index in [1.807, 2.05) is 11.3 Å². The first-order valence-electron chi connectivity index (χ1n) is 14.4. The summed E-state index contributed by atoms with van der Waals surface area (Å²) in [6, 6.07) is 42.4. The Hall–Kier alpha value is -3.70. The van der Waals surface area contributed by atoms with E-state index in [-0.39, 0.29) is 0 Å². The average Bonchev–Trinajstić information content (AvgIpc) is 3.58. The van der Waals surface area contributed by atoms with E-state index in [0.29, 0.717) is 0 Å². The van der Waals surface area contributed by atoms with Crippen LogP contribution < -0.4 is 5.46 Å². The molecule has 2 heterocycles. The maximum atomic E-state index is 6.56. The van der Waals surface area contributed by atoms with E-state index in [0.717, 1.165) is 5.46 Å². The fourth-order valence-electron chi connectivity index (χ4n) is 6.89. The maximum absolute atomic E-state index is 6.56. The monoisotopic (exact) mass is 550 g/mol.